The van der Waals surface area contributed by atoms with E-state index in [9.17, 15) is 0 Å². The molecule has 0 heterocycles. The van der Waals surface area contributed by atoms with E-state index in [4.69, 9.17) is 34.3 Å². The average Bonchev–Trinajstić information content (AvgIpc) is 1.72. The molecule has 0 spiro atoms. The summed E-state index contributed by atoms with van der Waals surface area (Å²) in [7, 11) is -0.464. The second-order valence-electron chi connectivity index (χ2n) is 1.33. The lowest BCUT2D eigenvalue weighted by Gasteiger charge is -1.99. The normalized spacial score (nSPS) is 12.0. The van der Waals surface area contributed by atoms with Crippen molar-refractivity contribution in [1.29, 1.82) is 0 Å². The average molecular weight is 178 g/mol. The van der Waals surface area contributed by atoms with Crippen LogP contribution in [0.1, 0.15) is 0 Å². The van der Waals surface area contributed by atoms with Crippen LogP contribution in [-0.2, 0) is 0 Å². The molecule has 0 bridgehead atoms. The van der Waals surface area contributed by atoms with Gasteiger partial charge in [0.05, 0.1) is 0 Å². The zero-order valence-corrected chi connectivity index (χ0v) is 7.51. The standard InChI is InChI=1S/C3H7Cl3Si/c4-1-3(2-5)7-6/h3H,1-2,7H2. The Balaban J connectivity index is 2.99. The van der Waals surface area contributed by atoms with Gasteiger partial charge in [-0.05, 0) is 5.54 Å². The summed E-state index contributed by atoms with van der Waals surface area (Å²) in [5.41, 5.74) is 0.421. The monoisotopic (exact) mass is 176 g/mol. The van der Waals surface area contributed by atoms with Crippen LogP contribution in [0.25, 0.3) is 0 Å². The molecule has 0 saturated carbocycles. The molecule has 0 rings (SSSR count). The highest BCUT2D eigenvalue weighted by atomic mass is 35.6. The lowest BCUT2D eigenvalue weighted by atomic mass is 10.5. The van der Waals surface area contributed by atoms with Gasteiger partial charge in [-0.2, -0.15) is 11.1 Å². The molecule has 44 valence electrons. The van der Waals surface area contributed by atoms with E-state index in [1.165, 1.54) is 0 Å². The Kier molecular flexibility index (Phi) is 6.04. The van der Waals surface area contributed by atoms with Gasteiger partial charge >= 0.3 is 0 Å². The van der Waals surface area contributed by atoms with Crippen molar-refractivity contribution in [2.75, 3.05) is 11.8 Å². The van der Waals surface area contributed by atoms with Crippen LogP contribution in [0.2, 0.25) is 5.54 Å². The van der Waals surface area contributed by atoms with E-state index in [1.807, 2.05) is 0 Å². The second-order valence-corrected chi connectivity index (χ2v) is 4.34. The first-order valence-electron chi connectivity index (χ1n) is 2.03. The van der Waals surface area contributed by atoms with Crippen LogP contribution in [0.4, 0.5) is 0 Å². The van der Waals surface area contributed by atoms with Gasteiger partial charge in [-0.15, -0.1) is 23.2 Å². The molecule has 0 unspecified atom stereocenters. The third-order valence-corrected chi connectivity index (χ3v) is 4.58. The maximum absolute atomic E-state index is 5.54. The van der Waals surface area contributed by atoms with Crippen LogP contribution in [-0.4, -0.2) is 20.6 Å². The molecule has 4 heteroatoms. The Bertz CT molecular complexity index is 31.7. The molecule has 0 atom stereocenters. The zero-order valence-electron chi connectivity index (χ0n) is 3.83. The Hall–Kier alpha value is 1.09. The lowest BCUT2D eigenvalue weighted by molar-refractivity contribution is 1.09. The fourth-order valence-corrected chi connectivity index (χ4v) is 2.60. The maximum atomic E-state index is 5.54. The third-order valence-electron chi connectivity index (χ3n) is 0.655. The Morgan fingerprint density at radius 1 is 1.29 bits per heavy atom. The van der Waals surface area contributed by atoms with Crippen LogP contribution in [0, 0.1) is 0 Å². The first-order valence-corrected chi connectivity index (χ1v) is 6.05. The fourth-order valence-electron chi connectivity index (χ4n) is 0.124. The predicted molar refractivity (Wildman–Crippen MR) is 39.6 cm³/mol. The van der Waals surface area contributed by atoms with Crippen LogP contribution < -0.4 is 0 Å². The fraction of sp³-hybridized carbons (Fsp3) is 1.00. The first-order chi connectivity index (χ1) is 3.35. The summed E-state index contributed by atoms with van der Waals surface area (Å²) in [5, 5.41) is 0. The molecular formula is C3H7Cl3Si. The molecule has 0 aromatic heterocycles. The van der Waals surface area contributed by atoms with Crippen molar-refractivity contribution in [3.05, 3.63) is 0 Å². The molecule has 0 radical (unpaired) electrons. The van der Waals surface area contributed by atoms with Crippen molar-refractivity contribution in [1.82, 2.24) is 0 Å². The summed E-state index contributed by atoms with van der Waals surface area (Å²) in [5.74, 6) is 1.25. The molecule has 0 aliphatic heterocycles. The van der Waals surface area contributed by atoms with E-state index in [0.29, 0.717) is 17.3 Å². The Labute approximate surface area is 60.7 Å². The highest BCUT2D eigenvalue weighted by Crippen LogP contribution is 2.08. The van der Waals surface area contributed by atoms with Crippen molar-refractivity contribution < 1.29 is 0 Å². The van der Waals surface area contributed by atoms with Crippen molar-refractivity contribution in [2.45, 2.75) is 5.54 Å². The van der Waals surface area contributed by atoms with Gasteiger partial charge in [-0.1, -0.05) is 0 Å². The van der Waals surface area contributed by atoms with E-state index in [0.717, 1.165) is 0 Å². The molecule has 0 aliphatic carbocycles. The number of alkyl halides is 2. The maximum Gasteiger partial charge on any atom is 0.130 e. The van der Waals surface area contributed by atoms with Gasteiger partial charge in [-0.3, -0.25) is 0 Å². The second kappa shape index (κ2) is 5.23. The van der Waals surface area contributed by atoms with Crippen LogP contribution in [0.3, 0.4) is 0 Å². The van der Waals surface area contributed by atoms with Crippen LogP contribution in [0.15, 0.2) is 0 Å². The molecule has 0 amide bonds. The molecule has 0 nitrogen and oxygen atoms in total. The van der Waals surface area contributed by atoms with E-state index >= 15 is 0 Å². The molecule has 0 fully saturated rings. The lowest BCUT2D eigenvalue weighted by Crippen LogP contribution is -2.00. The van der Waals surface area contributed by atoms with Crippen molar-refractivity contribution >= 4 is 43.1 Å². The van der Waals surface area contributed by atoms with Gasteiger partial charge in [0.1, 0.15) is 8.83 Å². The molecule has 7 heavy (non-hydrogen) atoms. The summed E-state index contributed by atoms with van der Waals surface area (Å²) in [6.45, 7) is 0. The van der Waals surface area contributed by atoms with Crippen molar-refractivity contribution in [3.8, 4) is 0 Å². The number of hydrogen-bond acceptors (Lipinski definition) is 0. The van der Waals surface area contributed by atoms with E-state index in [1.54, 1.807) is 0 Å². The molecule has 0 saturated heterocycles. The largest absolute Gasteiger partial charge is 0.176 e. The number of hydrogen-bond donors (Lipinski definition) is 0. The summed E-state index contributed by atoms with van der Waals surface area (Å²) in [4.78, 5) is 0. The van der Waals surface area contributed by atoms with E-state index < -0.39 is 8.83 Å². The minimum atomic E-state index is -0.464. The highest BCUT2D eigenvalue weighted by Gasteiger charge is 2.01. The summed E-state index contributed by atoms with van der Waals surface area (Å²) in [6, 6.07) is 0. The van der Waals surface area contributed by atoms with E-state index in [2.05, 4.69) is 0 Å². The molecular weight excluding hydrogens is 170 g/mol. The van der Waals surface area contributed by atoms with Crippen LogP contribution in [0.5, 0.6) is 0 Å². The number of rotatable bonds is 3. The van der Waals surface area contributed by atoms with Gasteiger partial charge in [0.15, 0.2) is 0 Å². The SMILES string of the molecule is ClCC(CCl)[SiH2]Cl. The Morgan fingerprint density at radius 3 is 1.71 bits per heavy atom. The van der Waals surface area contributed by atoms with Gasteiger partial charge in [-0.25, -0.2) is 0 Å². The smallest absolute Gasteiger partial charge is 0.130 e. The van der Waals surface area contributed by atoms with E-state index in [-0.39, 0.29) is 0 Å². The third kappa shape index (κ3) is 3.65. The van der Waals surface area contributed by atoms with Gasteiger partial charge in [0, 0.05) is 11.8 Å². The molecule has 0 aliphatic rings. The van der Waals surface area contributed by atoms with Gasteiger partial charge < -0.3 is 0 Å². The minimum Gasteiger partial charge on any atom is -0.176 e. The van der Waals surface area contributed by atoms with Crippen molar-refractivity contribution in [3.63, 3.8) is 0 Å². The summed E-state index contributed by atoms with van der Waals surface area (Å²) in [6.07, 6.45) is 0. The summed E-state index contributed by atoms with van der Waals surface area (Å²) < 4.78 is 0. The molecule has 0 aromatic carbocycles. The van der Waals surface area contributed by atoms with Crippen LogP contribution >= 0.6 is 34.3 Å². The van der Waals surface area contributed by atoms with Gasteiger partial charge in [0.2, 0.25) is 0 Å². The first kappa shape index (κ1) is 8.09. The number of halogens is 3. The topological polar surface area (TPSA) is 0 Å². The molecule has 0 N–H and O–H groups in total. The van der Waals surface area contributed by atoms with Gasteiger partial charge in [0.25, 0.3) is 0 Å². The minimum absolute atomic E-state index is 0.421. The predicted octanol–water partition coefficient (Wildman–Crippen LogP) is 1.58. The molecule has 0 aromatic rings. The Morgan fingerprint density at radius 2 is 1.71 bits per heavy atom. The van der Waals surface area contributed by atoms with Crippen molar-refractivity contribution in [2.24, 2.45) is 0 Å². The quantitative estimate of drug-likeness (QED) is 0.349. The zero-order chi connectivity index (χ0) is 5.70. The summed E-state index contributed by atoms with van der Waals surface area (Å²) >= 11 is 16.4. The highest BCUT2D eigenvalue weighted by molar-refractivity contribution is 6.95.